The number of piperidine rings is 1. The van der Waals surface area contributed by atoms with Crippen molar-refractivity contribution in [1.29, 1.82) is 0 Å². The summed E-state index contributed by atoms with van der Waals surface area (Å²) in [6.07, 6.45) is 5.79. The summed E-state index contributed by atoms with van der Waals surface area (Å²) in [4.78, 5) is 2.43. The Morgan fingerprint density at radius 2 is 2.00 bits per heavy atom. The molecule has 1 aliphatic rings. The van der Waals surface area contributed by atoms with Crippen molar-refractivity contribution >= 4 is 17.3 Å². The molecule has 2 rings (SSSR count). The Morgan fingerprint density at radius 1 is 1.30 bits per heavy atom. The molecule has 3 heteroatoms. The Hall–Kier alpha value is -0.730. The van der Waals surface area contributed by atoms with E-state index in [0.717, 1.165) is 36.9 Å². The average Bonchev–Trinajstić information content (AvgIpc) is 2.47. The highest BCUT2D eigenvalue weighted by molar-refractivity contribution is 6.33. The largest absolute Gasteiger partial charge is 0.370 e. The Labute approximate surface area is 128 Å². The van der Waals surface area contributed by atoms with Gasteiger partial charge in [0, 0.05) is 19.1 Å². The van der Waals surface area contributed by atoms with Crippen LogP contribution in [0.25, 0.3) is 0 Å². The highest BCUT2D eigenvalue weighted by atomic mass is 35.5. The molecule has 1 heterocycles. The monoisotopic (exact) mass is 294 g/mol. The summed E-state index contributed by atoms with van der Waals surface area (Å²) < 4.78 is 0. The van der Waals surface area contributed by atoms with Gasteiger partial charge in [-0.2, -0.15) is 0 Å². The first-order chi connectivity index (χ1) is 9.63. The normalized spacial score (nSPS) is 18.3. The molecular formula is C17H27ClN2. The van der Waals surface area contributed by atoms with Gasteiger partial charge in [0.05, 0.1) is 10.7 Å². The number of benzene rings is 1. The quantitative estimate of drug-likeness (QED) is 0.880. The van der Waals surface area contributed by atoms with Crippen LogP contribution in [0.5, 0.6) is 0 Å². The van der Waals surface area contributed by atoms with Crippen LogP contribution in [0.15, 0.2) is 18.2 Å². The summed E-state index contributed by atoms with van der Waals surface area (Å²) in [5.41, 5.74) is 8.45. The van der Waals surface area contributed by atoms with E-state index in [0.29, 0.717) is 0 Å². The van der Waals surface area contributed by atoms with Crippen LogP contribution in [0.4, 0.5) is 5.69 Å². The molecule has 1 atom stereocenters. The second-order valence-corrected chi connectivity index (χ2v) is 6.40. The zero-order chi connectivity index (χ0) is 14.5. The van der Waals surface area contributed by atoms with E-state index in [4.69, 9.17) is 17.3 Å². The minimum Gasteiger partial charge on any atom is -0.370 e. The molecule has 0 saturated carbocycles. The lowest BCUT2D eigenvalue weighted by Crippen LogP contribution is -2.33. The number of rotatable bonds is 5. The molecule has 0 bridgehead atoms. The fraction of sp³-hybridized carbons (Fsp3) is 0.647. The van der Waals surface area contributed by atoms with Gasteiger partial charge in [-0.3, -0.25) is 0 Å². The summed E-state index contributed by atoms with van der Waals surface area (Å²) in [7, 11) is 0. The van der Waals surface area contributed by atoms with Crippen molar-refractivity contribution in [1.82, 2.24) is 0 Å². The number of halogens is 1. The highest BCUT2D eigenvalue weighted by Gasteiger charge is 2.19. The molecule has 0 radical (unpaired) electrons. The van der Waals surface area contributed by atoms with E-state index >= 15 is 0 Å². The second-order valence-electron chi connectivity index (χ2n) is 6.00. The molecule has 2 nitrogen and oxygen atoms in total. The standard InChI is InChI=1S/C17H27ClN2/c1-3-13-7-9-20(10-8-13)17-6-5-14(12-16(17)18)11-15(19)4-2/h5-6,12-13,15H,3-4,7-11,19H2,1-2H3. The fourth-order valence-corrected chi connectivity index (χ4v) is 3.29. The number of hydrogen-bond donors (Lipinski definition) is 1. The number of nitrogens with zero attached hydrogens (tertiary/aromatic N) is 1. The fourth-order valence-electron chi connectivity index (χ4n) is 2.96. The molecule has 112 valence electrons. The van der Waals surface area contributed by atoms with Gasteiger partial charge < -0.3 is 10.6 Å². The maximum atomic E-state index is 6.48. The molecule has 1 saturated heterocycles. The number of anilines is 1. The van der Waals surface area contributed by atoms with E-state index in [2.05, 4.69) is 36.9 Å². The van der Waals surface area contributed by atoms with Crippen molar-refractivity contribution in [3.8, 4) is 0 Å². The van der Waals surface area contributed by atoms with Crippen LogP contribution < -0.4 is 10.6 Å². The molecule has 0 aliphatic carbocycles. The van der Waals surface area contributed by atoms with Crippen LogP contribution in [-0.2, 0) is 6.42 Å². The van der Waals surface area contributed by atoms with Gasteiger partial charge in [-0.25, -0.2) is 0 Å². The van der Waals surface area contributed by atoms with Crippen LogP contribution in [-0.4, -0.2) is 19.1 Å². The van der Waals surface area contributed by atoms with Gasteiger partial charge in [-0.05, 0) is 49.3 Å². The predicted molar refractivity (Wildman–Crippen MR) is 88.7 cm³/mol. The van der Waals surface area contributed by atoms with Crippen molar-refractivity contribution in [2.24, 2.45) is 11.7 Å². The third-order valence-electron chi connectivity index (χ3n) is 4.57. The molecule has 0 spiro atoms. The first-order valence-corrected chi connectivity index (χ1v) is 8.30. The first-order valence-electron chi connectivity index (χ1n) is 7.93. The van der Waals surface area contributed by atoms with Crippen LogP contribution in [0.3, 0.4) is 0 Å². The molecule has 20 heavy (non-hydrogen) atoms. The molecule has 2 N–H and O–H groups in total. The second kappa shape index (κ2) is 7.33. The molecule has 0 amide bonds. The smallest absolute Gasteiger partial charge is 0.0642 e. The summed E-state index contributed by atoms with van der Waals surface area (Å²) in [5.74, 6) is 0.895. The molecule has 1 unspecified atom stereocenters. The van der Waals surface area contributed by atoms with Gasteiger partial charge in [-0.15, -0.1) is 0 Å². The van der Waals surface area contributed by atoms with Gasteiger partial charge >= 0.3 is 0 Å². The van der Waals surface area contributed by atoms with Gasteiger partial charge in [0.15, 0.2) is 0 Å². The molecule has 1 aliphatic heterocycles. The van der Waals surface area contributed by atoms with Crippen molar-refractivity contribution in [2.75, 3.05) is 18.0 Å². The first kappa shape index (κ1) is 15.7. The van der Waals surface area contributed by atoms with Gasteiger partial charge in [0.2, 0.25) is 0 Å². The minimum absolute atomic E-state index is 0.234. The van der Waals surface area contributed by atoms with Crippen LogP contribution in [0.2, 0.25) is 5.02 Å². The molecule has 1 aromatic carbocycles. The topological polar surface area (TPSA) is 29.3 Å². The van der Waals surface area contributed by atoms with E-state index < -0.39 is 0 Å². The molecule has 1 aromatic rings. The average molecular weight is 295 g/mol. The third-order valence-corrected chi connectivity index (χ3v) is 4.87. The van der Waals surface area contributed by atoms with Gasteiger partial charge in [0.1, 0.15) is 0 Å². The predicted octanol–water partition coefficient (Wildman–Crippen LogP) is 4.25. The highest BCUT2D eigenvalue weighted by Crippen LogP contribution is 2.31. The van der Waals surface area contributed by atoms with Gasteiger partial charge in [-0.1, -0.05) is 37.9 Å². The Bertz CT molecular complexity index is 425. The lowest BCUT2D eigenvalue weighted by molar-refractivity contribution is 0.395. The lowest BCUT2D eigenvalue weighted by Gasteiger charge is -2.34. The summed E-state index contributed by atoms with van der Waals surface area (Å²) >= 11 is 6.48. The van der Waals surface area contributed by atoms with Crippen LogP contribution in [0, 0.1) is 5.92 Å². The lowest BCUT2D eigenvalue weighted by atomic mass is 9.94. The Morgan fingerprint density at radius 3 is 2.55 bits per heavy atom. The van der Waals surface area contributed by atoms with E-state index in [1.54, 1.807) is 0 Å². The summed E-state index contributed by atoms with van der Waals surface area (Å²) in [5, 5.41) is 0.876. The van der Waals surface area contributed by atoms with Gasteiger partial charge in [0.25, 0.3) is 0 Å². The van der Waals surface area contributed by atoms with E-state index in [9.17, 15) is 0 Å². The maximum Gasteiger partial charge on any atom is 0.0642 e. The van der Waals surface area contributed by atoms with Crippen molar-refractivity contribution < 1.29 is 0 Å². The Kier molecular flexibility index (Phi) is 5.74. The van der Waals surface area contributed by atoms with Crippen molar-refractivity contribution in [3.05, 3.63) is 28.8 Å². The SMILES string of the molecule is CCC(N)Cc1ccc(N2CCC(CC)CC2)c(Cl)c1. The van der Waals surface area contributed by atoms with Crippen molar-refractivity contribution in [3.63, 3.8) is 0 Å². The molecular weight excluding hydrogens is 268 g/mol. The Balaban J connectivity index is 2.03. The minimum atomic E-state index is 0.234. The zero-order valence-electron chi connectivity index (χ0n) is 12.7. The number of hydrogen-bond acceptors (Lipinski definition) is 2. The molecule has 1 fully saturated rings. The van der Waals surface area contributed by atoms with E-state index in [1.807, 2.05) is 0 Å². The number of nitrogens with two attached hydrogens (primary N) is 1. The third kappa shape index (κ3) is 3.89. The van der Waals surface area contributed by atoms with Crippen molar-refractivity contribution in [2.45, 2.75) is 52.0 Å². The zero-order valence-corrected chi connectivity index (χ0v) is 13.5. The summed E-state index contributed by atoms with van der Waals surface area (Å²) in [6.45, 7) is 6.68. The van der Waals surface area contributed by atoms with Crippen LogP contribution >= 0.6 is 11.6 Å². The molecule has 0 aromatic heterocycles. The van der Waals surface area contributed by atoms with E-state index in [-0.39, 0.29) is 6.04 Å². The maximum absolute atomic E-state index is 6.48. The van der Waals surface area contributed by atoms with Crippen LogP contribution in [0.1, 0.15) is 45.1 Å². The van der Waals surface area contributed by atoms with E-state index in [1.165, 1.54) is 30.5 Å². The summed E-state index contributed by atoms with van der Waals surface area (Å²) in [6, 6.07) is 6.69.